The first-order chi connectivity index (χ1) is 16.8. The summed E-state index contributed by atoms with van der Waals surface area (Å²) in [5.41, 5.74) is 2.20. The summed E-state index contributed by atoms with van der Waals surface area (Å²) in [5.74, 6) is 4.59. The molecule has 4 aliphatic heterocycles. The minimum atomic E-state index is 0.201. The largest absolute Gasteiger partial charge is 0.490 e. The second-order valence-corrected chi connectivity index (χ2v) is 10.2. The average molecular weight is 482 g/mol. The van der Waals surface area contributed by atoms with Crippen LogP contribution in [0.5, 0.6) is 5.75 Å². The van der Waals surface area contributed by atoms with Crippen LogP contribution >= 0.6 is 11.8 Å². The second-order valence-electron chi connectivity index (χ2n) is 9.14. The molecule has 5 heterocycles. The highest BCUT2D eigenvalue weighted by Gasteiger charge is 2.27. The van der Waals surface area contributed by atoms with Crippen molar-refractivity contribution in [1.29, 1.82) is 0 Å². The van der Waals surface area contributed by atoms with Crippen molar-refractivity contribution in [3.8, 4) is 5.75 Å². The molecule has 0 unspecified atom stereocenters. The fraction of sp³-hybridized carbons (Fsp3) is 0.560. The maximum Gasteiger partial charge on any atom is 0.227 e. The molecule has 180 valence electrons. The van der Waals surface area contributed by atoms with Gasteiger partial charge in [0.25, 0.3) is 0 Å². The molecule has 0 spiro atoms. The molecule has 34 heavy (non-hydrogen) atoms. The van der Waals surface area contributed by atoms with E-state index in [2.05, 4.69) is 15.2 Å². The molecule has 4 aliphatic rings. The van der Waals surface area contributed by atoms with E-state index in [-0.39, 0.29) is 6.10 Å². The molecule has 6 rings (SSSR count). The van der Waals surface area contributed by atoms with Gasteiger partial charge >= 0.3 is 0 Å². The van der Waals surface area contributed by atoms with E-state index in [0.717, 1.165) is 99.7 Å². The van der Waals surface area contributed by atoms with Gasteiger partial charge in [-0.2, -0.15) is 4.98 Å². The molecule has 0 atom stereocenters. The van der Waals surface area contributed by atoms with E-state index < -0.39 is 0 Å². The van der Waals surface area contributed by atoms with E-state index in [1.165, 1.54) is 10.6 Å². The Hall–Kier alpha value is -2.52. The van der Waals surface area contributed by atoms with Gasteiger partial charge in [-0.1, -0.05) is 0 Å². The summed E-state index contributed by atoms with van der Waals surface area (Å²) in [6.07, 6.45) is 5.19. The molecule has 9 heteroatoms. The lowest BCUT2D eigenvalue weighted by Gasteiger charge is -2.33. The first kappa shape index (κ1) is 22.0. The zero-order valence-corrected chi connectivity index (χ0v) is 20.2. The first-order valence-corrected chi connectivity index (χ1v) is 13.4. The van der Waals surface area contributed by atoms with E-state index in [1.54, 1.807) is 0 Å². The van der Waals surface area contributed by atoms with E-state index in [0.29, 0.717) is 12.6 Å². The molecule has 0 aliphatic carbocycles. The number of nitrogens with one attached hydrogen (secondary N) is 1. The number of hydrogen-bond donors (Lipinski definition) is 1. The Kier molecular flexibility index (Phi) is 6.46. The molecule has 1 aromatic heterocycles. The molecular weight excluding hydrogens is 450 g/mol. The number of aryl methyl sites for hydroxylation is 1. The first-order valence-electron chi connectivity index (χ1n) is 12.4. The maximum atomic E-state index is 6.28. The van der Waals surface area contributed by atoms with Gasteiger partial charge < -0.3 is 24.4 Å². The summed E-state index contributed by atoms with van der Waals surface area (Å²) in [4.78, 5) is 17.9. The summed E-state index contributed by atoms with van der Waals surface area (Å²) in [6.45, 7) is 4.86. The van der Waals surface area contributed by atoms with Crippen molar-refractivity contribution in [2.45, 2.75) is 49.1 Å². The van der Waals surface area contributed by atoms with Crippen molar-refractivity contribution in [2.24, 2.45) is 4.99 Å². The smallest absolute Gasteiger partial charge is 0.227 e. The van der Waals surface area contributed by atoms with Crippen LogP contribution in [0.15, 0.2) is 34.2 Å². The number of fused-ring (bicyclic) bond motifs is 1. The maximum absolute atomic E-state index is 6.28. The summed E-state index contributed by atoms with van der Waals surface area (Å²) in [5, 5.41) is 3.71. The molecule has 1 aromatic carbocycles. The number of aromatic nitrogens is 2. The van der Waals surface area contributed by atoms with Crippen LogP contribution in [-0.4, -0.2) is 73.2 Å². The van der Waals surface area contributed by atoms with Gasteiger partial charge in [-0.05, 0) is 37.1 Å². The number of benzene rings is 1. The van der Waals surface area contributed by atoms with Crippen LogP contribution in [0.1, 0.15) is 36.9 Å². The SMILES string of the molecule is c1cc(C2=NCCO2)ccc1OC1CCN(c2nc3c(c(NC4CCOCC4)n2)SCC3)CC1. The monoisotopic (exact) mass is 481 g/mol. The molecule has 0 saturated carbocycles. The second kappa shape index (κ2) is 10.00. The quantitative estimate of drug-likeness (QED) is 0.671. The fourth-order valence-electron chi connectivity index (χ4n) is 4.88. The lowest BCUT2D eigenvalue weighted by Crippen LogP contribution is -2.39. The van der Waals surface area contributed by atoms with Crippen LogP contribution in [0.4, 0.5) is 11.8 Å². The van der Waals surface area contributed by atoms with Gasteiger partial charge in [0.15, 0.2) is 0 Å². The van der Waals surface area contributed by atoms with E-state index in [1.807, 2.05) is 36.0 Å². The lowest BCUT2D eigenvalue weighted by molar-refractivity contribution is 0.0903. The molecule has 8 nitrogen and oxygen atoms in total. The third-order valence-corrected chi connectivity index (χ3v) is 7.91. The van der Waals surface area contributed by atoms with Crippen LogP contribution in [0.25, 0.3) is 0 Å². The number of nitrogens with zero attached hydrogens (tertiary/aromatic N) is 4. The minimum Gasteiger partial charge on any atom is -0.490 e. The van der Waals surface area contributed by atoms with Gasteiger partial charge in [-0.25, -0.2) is 9.98 Å². The molecule has 1 N–H and O–H groups in total. The summed E-state index contributed by atoms with van der Waals surface area (Å²) >= 11 is 1.88. The number of ether oxygens (including phenoxy) is 3. The van der Waals surface area contributed by atoms with E-state index >= 15 is 0 Å². The van der Waals surface area contributed by atoms with Crippen LogP contribution < -0.4 is 15.0 Å². The van der Waals surface area contributed by atoms with Crippen molar-refractivity contribution >= 4 is 29.4 Å². The third-order valence-electron chi connectivity index (χ3n) is 6.79. The van der Waals surface area contributed by atoms with Crippen LogP contribution in [-0.2, 0) is 15.9 Å². The van der Waals surface area contributed by atoms with Crippen LogP contribution in [0.3, 0.4) is 0 Å². The number of piperidine rings is 1. The zero-order chi connectivity index (χ0) is 22.7. The summed E-state index contributed by atoms with van der Waals surface area (Å²) in [6, 6.07) is 8.51. The molecule has 0 radical (unpaired) electrons. The molecule has 0 amide bonds. The standard InChI is InChI=1S/C25H31N5O3S/c1-3-19(4-2-17(1)24-26-10-15-32-24)33-20-5-11-30(12-6-20)25-28-21-9-16-34-22(21)23(29-25)27-18-7-13-31-14-8-18/h1-4,18,20H,5-16H2,(H,27,28,29). The minimum absolute atomic E-state index is 0.201. The number of thioether (sulfide) groups is 1. The highest BCUT2D eigenvalue weighted by molar-refractivity contribution is 7.99. The topological polar surface area (TPSA) is 81.1 Å². The molecule has 2 fully saturated rings. The molecule has 0 bridgehead atoms. The summed E-state index contributed by atoms with van der Waals surface area (Å²) in [7, 11) is 0. The van der Waals surface area contributed by atoms with E-state index in [4.69, 9.17) is 24.2 Å². The normalized spacial score (nSPS) is 21.2. The number of aliphatic imine (C=N–C) groups is 1. The Balaban J connectivity index is 1.08. The van der Waals surface area contributed by atoms with Gasteiger partial charge in [0.1, 0.15) is 24.3 Å². The van der Waals surface area contributed by atoms with Gasteiger partial charge in [-0.3, -0.25) is 0 Å². The predicted molar refractivity (Wildman–Crippen MR) is 134 cm³/mol. The highest BCUT2D eigenvalue weighted by Crippen LogP contribution is 2.37. The Morgan fingerprint density at radius 1 is 1.00 bits per heavy atom. The number of anilines is 2. The van der Waals surface area contributed by atoms with Gasteiger partial charge in [-0.15, -0.1) is 11.8 Å². The number of rotatable bonds is 6. The third kappa shape index (κ3) is 4.81. The summed E-state index contributed by atoms with van der Waals surface area (Å²) < 4.78 is 17.3. The van der Waals surface area contributed by atoms with Crippen molar-refractivity contribution in [3.63, 3.8) is 0 Å². The van der Waals surface area contributed by atoms with Gasteiger partial charge in [0.2, 0.25) is 11.8 Å². The fourth-order valence-corrected chi connectivity index (χ4v) is 5.94. The highest BCUT2D eigenvalue weighted by atomic mass is 32.2. The molecule has 2 aromatic rings. The Labute approximate surface area is 204 Å². The van der Waals surface area contributed by atoms with E-state index in [9.17, 15) is 0 Å². The number of hydrogen-bond acceptors (Lipinski definition) is 9. The van der Waals surface area contributed by atoms with Crippen LogP contribution in [0, 0.1) is 0 Å². The lowest BCUT2D eigenvalue weighted by atomic mass is 10.1. The average Bonchev–Trinajstić information content (AvgIpc) is 3.58. The van der Waals surface area contributed by atoms with Crippen molar-refractivity contribution in [1.82, 2.24) is 9.97 Å². The molecular formula is C25H31N5O3S. The Bertz CT molecular complexity index is 1030. The van der Waals surface area contributed by atoms with Gasteiger partial charge in [0, 0.05) is 62.9 Å². The van der Waals surface area contributed by atoms with Crippen molar-refractivity contribution < 1.29 is 14.2 Å². The zero-order valence-electron chi connectivity index (χ0n) is 19.4. The Morgan fingerprint density at radius 2 is 1.82 bits per heavy atom. The predicted octanol–water partition coefficient (Wildman–Crippen LogP) is 3.54. The Morgan fingerprint density at radius 3 is 2.59 bits per heavy atom. The van der Waals surface area contributed by atoms with Gasteiger partial charge in [0.05, 0.1) is 17.1 Å². The molecule has 2 saturated heterocycles. The van der Waals surface area contributed by atoms with Crippen molar-refractivity contribution in [3.05, 3.63) is 35.5 Å². The van der Waals surface area contributed by atoms with Crippen molar-refractivity contribution in [2.75, 3.05) is 55.4 Å². The van der Waals surface area contributed by atoms with Crippen LogP contribution in [0.2, 0.25) is 0 Å².